The normalized spacial score (nSPS) is 12.6. The lowest BCUT2D eigenvalue weighted by Gasteiger charge is -2.16. The number of nitrogens with one attached hydrogen (secondary N) is 1. The Balaban J connectivity index is 1.42. The van der Waals surface area contributed by atoms with E-state index in [1.54, 1.807) is 6.20 Å². The van der Waals surface area contributed by atoms with Gasteiger partial charge >= 0.3 is 0 Å². The molecule has 0 unspecified atom stereocenters. The van der Waals surface area contributed by atoms with E-state index >= 15 is 0 Å². The van der Waals surface area contributed by atoms with Gasteiger partial charge in [0.2, 0.25) is 11.8 Å². The van der Waals surface area contributed by atoms with E-state index in [1.807, 2.05) is 77.5 Å². The van der Waals surface area contributed by atoms with E-state index in [0.29, 0.717) is 25.3 Å². The largest absolute Gasteiger partial charge is 0.477 e. The van der Waals surface area contributed by atoms with Gasteiger partial charge in [-0.1, -0.05) is 60.7 Å². The fraction of sp³-hybridized carbons (Fsp3) is 0.192. The molecular weight excluding hydrogens is 400 g/mol. The monoisotopic (exact) mass is 424 g/mol. The molecule has 160 valence electrons. The van der Waals surface area contributed by atoms with Crippen LogP contribution < -0.4 is 10.1 Å². The quantitative estimate of drug-likeness (QED) is 0.475. The first kappa shape index (κ1) is 20.0. The molecule has 0 spiro atoms. The van der Waals surface area contributed by atoms with Crippen LogP contribution in [0.15, 0.2) is 79.0 Å². The molecule has 1 aliphatic rings. The van der Waals surface area contributed by atoms with Gasteiger partial charge in [0.15, 0.2) is 0 Å². The fourth-order valence-electron chi connectivity index (χ4n) is 3.95. The van der Waals surface area contributed by atoms with Gasteiger partial charge in [0.1, 0.15) is 11.5 Å². The van der Waals surface area contributed by atoms with Crippen LogP contribution in [0.4, 0.5) is 5.82 Å². The number of fused-ring (bicyclic) bond motifs is 1. The van der Waals surface area contributed by atoms with Crippen LogP contribution in [0, 0.1) is 0 Å². The van der Waals surface area contributed by atoms with Crippen LogP contribution in [0.2, 0.25) is 0 Å². The molecule has 0 atom stereocenters. The maximum atomic E-state index is 12.5. The summed E-state index contributed by atoms with van der Waals surface area (Å²) in [5.74, 6) is 1.23. The second-order valence-electron chi connectivity index (χ2n) is 7.78. The molecule has 0 fully saturated rings. The number of hydrogen-bond donors (Lipinski definition) is 1. The molecule has 1 aliphatic heterocycles. The summed E-state index contributed by atoms with van der Waals surface area (Å²) >= 11 is 0. The number of carbonyl (C=O) groups excluding carboxylic acids is 1. The summed E-state index contributed by atoms with van der Waals surface area (Å²) in [5.41, 5.74) is 4.88. The number of aromatic nitrogens is 3. The Labute approximate surface area is 186 Å². The van der Waals surface area contributed by atoms with E-state index in [1.165, 1.54) is 0 Å². The Kier molecular flexibility index (Phi) is 5.66. The summed E-state index contributed by atoms with van der Waals surface area (Å²) in [7, 11) is 0. The Morgan fingerprint density at radius 3 is 2.59 bits per heavy atom. The fourth-order valence-corrected chi connectivity index (χ4v) is 3.95. The Morgan fingerprint density at radius 2 is 1.78 bits per heavy atom. The number of amides is 1. The first-order chi connectivity index (χ1) is 15.8. The van der Waals surface area contributed by atoms with Crippen molar-refractivity contribution < 1.29 is 9.53 Å². The van der Waals surface area contributed by atoms with E-state index in [0.717, 1.165) is 46.8 Å². The average molecular weight is 425 g/mol. The number of pyridine rings is 1. The predicted octanol–water partition coefficient (Wildman–Crippen LogP) is 4.97. The molecule has 6 nitrogen and oxygen atoms in total. The SMILES string of the molecule is O=C(CCc1ccccc1)Nc1cc(-c2c(-c3ccccc3)nn3c2OCCC3)ccn1. The first-order valence-electron chi connectivity index (χ1n) is 10.9. The van der Waals surface area contributed by atoms with Gasteiger partial charge in [-0.05, 0) is 29.7 Å². The maximum Gasteiger partial charge on any atom is 0.225 e. The van der Waals surface area contributed by atoms with Gasteiger partial charge in [0.25, 0.3) is 0 Å². The van der Waals surface area contributed by atoms with Crippen LogP contribution in [-0.2, 0) is 17.8 Å². The van der Waals surface area contributed by atoms with Crippen molar-refractivity contribution in [3.8, 4) is 28.3 Å². The molecule has 5 rings (SSSR count). The standard InChI is InChI=1S/C26H24N4O2/c31-23(13-12-19-8-3-1-4-9-19)28-22-18-21(14-15-27-22)24-25(20-10-5-2-6-11-20)29-30-16-7-17-32-26(24)30/h1-6,8-11,14-15,18H,7,12-13,16-17H2,(H,27,28,31). The van der Waals surface area contributed by atoms with Crippen molar-refractivity contribution in [3.63, 3.8) is 0 Å². The van der Waals surface area contributed by atoms with Crippen LogP contribution in [-0.4, -0.2) is 27.3 Å². The van der Waals surface area contributed by atoms with Crippen molar-refractivity contribution in [3.05, 3.63) is 84.6 Å². The van der Waals surface area contributed by atoms with Crippen molar-refractivity contribution in [1.29, 1.82) is 0 Å². The molecule has 3 heterocycles. The highest BCUT2D eigenvalue weighted by Crippen LogP contribution is 2.40. The van der Waals surface area contributed by atoms with Crippen LogP contribution >= 0.6 is 0 Å². The zero-order valence-electron chi connectivity index (χ0n) is 17.7. The summed E-state index contributed by atoms with van der Waals surface area (Å²) in [5, 5.41) is 7.77. The van der Waals surface area contributed by atoms with E-state index < -0.39 is 0 Å². The van der Waals surface area contributed by atoms with Crippen LogP contribution in [0.3, 0.4) is 0 Å². The maximum absolute atomic E-state index is 12.5. The van der Waals surface area contributed by atoms with Crippen molar-refractivity contribution >= 4 is 11.7 Å². The number of carbonyl (C=O) groups is 1. The lowest BCUT2D eigenvalue weighted by molar-refractivity contribution is -0.116. The van der Waals surface area contributed by atoms with Gasteiger partial charge in [-0.15, -0.1) is 0 Å². The zero-order valence-corrected chi connectivity index (χ0v) is 17.7. The third-order valence-electron chi connectivity index (χ3n) is 5.51. The third-order valence-corrected chi connectivity index (χ3v) is 5.51. The summed E-state index contributed by atoms with van der Waals surface area (Å²) in [6.45, 7) is 1.49. The van der Waals surface area contributed by atoms with Gasteiger partial charge < -0.3 is 10.1 Å². The number of benzene rings is 2. The number of aryl methyl sites for hydroxylation is 2. The minimum Gasteiger partial charge on any atom is -0.477 e. The lowest BCUT2D eigenvalue weighted by Crippen LogP contribution is -2.15. The third kappa shape index (κ3) is 4.25. The van der Waals surface area contributed by atoms with E-state index in [-0.39, 0.29) is 5.91 Å². The smallest absolute Gasteiger partial charge is 0.225 e. The molecule has 2 aromatic heterocycles. The van der Waals surface area contributed by atoms with Gasteiger partial charge in [-0.3, -0.25) is 4.79 Å². The second kappa shape index (κ2) is 9.06. The van der Waals surface area contributed by atoms with E-state index in [9.17, 15) is 4.79 Å². The molecule has 0 bridgehead atoms. The minimum absolute atomic E-state index is 0.0601. The molecule has 0 saturated heterocycles. The van der Waals surface area contributed by atoms with Crippen LogP contribution in [0.1, 0.15) is 18.4 Å². The van der Waals surface area contributed by atoms with Crippen molar-refractivity contribution in [2.45, 2.75) is 25.8 Å². The molecule has 0 saturated carbocycles. The molecule has 6 heteroatoms. The average Bonchev–Trinajstić information content (AvgIpc) is 3.24. The van der Waals surface area contributed by atoms with Crippen LogP contribution in [0.5, 0.6) is 5.88 Å². The van der Waals surface area contributed by atoms with Gasteiger partial charge in [-0.2, -0.15) is 5.10 Å². The second-order valence-corrected chi connectivity index (χ2v) is 7.78. The summed E-state index contributed by atoms with van der Waals surface area (Å²) < 4.78 is 7.94. The molecule has 32 heavy (non-hydrogen) atoms. The highest BCUT2D eigenvalue weighted by atomic mass is 16.5. The van der Waals surface area contributed by atoms with Crippen LogP contribution in [0.25, 0.3) is 22.4 Å². The first-order valence-corrected chi connectivity index (χ1v) is 10.9. The molecule has 4 aromatic rings. The highest BCUT2D eigenvalue weighted by Gasteiger charge is 2.24. The van der Waals surface area contributed by atoms with E-state index in [2.05, 4.69) is 10.3 Å². The highest BCUT2D eigenvalue weighted by molar-refractivity contribution is 5.91. The number of rotatable bonds is 6. The Hall–Kier alpha value is -3.93. The topological polar surface area (TPSA) is 69.0 Å². The van der Waals surface area contributed by atoms with Crippen molar-refractivity contribution in [1.82, 2.24) is 14.8 Å². The van der Waals surface area contributed by atoms with Gasteiger partial charge in [0.05, 0.1) is 12.2 Å². The Bertz CT molecular complexity index is 1220. The zero-order chi connectivity index (χ0) is 21.8. The molecule has 1 N–H and O–H groups in total. The molecule has 0 aliphatic carbocycles. The van der Waals surface area contributed by atoms with E-state index in [4.69, 9.17) is 9.84 Å². The van der Waals surface area contributed by atoms with Gasteiger partial charge in [0, 0.05) is 31.1 Å². The number of nitrogens with zero attached hydrogens (tertiary/aromatic N) is 3. The summed E-state index contributed by atoms with van der Waals surface area (Å²) in [6.07, 6.45) is 3.73. The Morgan fingerprint density at radius 1 is 1.00 bits per heavy atom. The number of ether oxygens (including phenoxy) is 1. The molecule has 0 radical (unpaired) electrons. The number of hydrogen-bond acceptors (Lipinski definition) is 4. The molecular formula is C26H24N4O2. The molecule has 1 amide bonds. The number of anilines is 1. The molecule has 2 aromatic carbocycles. The van der Waals surface area contributed by atoms with Crippen molar-refractivity contribution in [2.24, 2.45) is 0 Å². The summed E-state index contributed by atoms with van der Waals surface area (Å²) in [6, 6.07) is 23.9. The van der Waals surface area contributed by atoms with Gasteiger partial charge in [-0.25, -0.2) is 9.67 Å². The van der Waals surface area contributed by atoms with Crippen molar-refractivity contribution in [2.75, 3.05) is 11.9 Å². The summed E-state index contributed by atoms with van der Waals surface area (Å²) in [4.78, 5) is 16.9. The lowest BCUT2D eigenvalue weighted by atomic mass is 10.0. The minimum atomic E-state index is -0.0601. The predicted molar refractivity (Wildman–Crippen MR) is 124 cm³/mol.